The van der Waals surface area contributed by atoms with Crippen molar-refractivity contribution in [3.05, 3.63) is 29.0 Å². The molecular weight excluding hydrogens is 296 g/mol. The fraction of sp³-hybridized carbons (Fsp3) is 0.529. The number of furan rings is 1. The van der Waals surface area contributed by atoms with Crippen molar-refractivity contribution in [2.45, 2.75) is 46.1 Å². The van der Waals surface area contributed by atoms with Crippen molar-refractivity contribution in [3.8, 4) is 10.8 Å². The predicted octanol–water partition coefficient (Wildman–Crippen LogP) is 4.36. The first-order valence-electron chi connectivity index (χ1n) is 7.88. The molecule has 5 heteroatoms. The summed E-state index contributed by atoms with van der Waals surface area (Å²) in [6.45, 7) is 6.89. The molecule has 0 radical (unpaired) electrons. The quantitative estimate of drug-likeness (QED) is 0.822. The highest BCUT2D eigenvalue weighted by Gasteiger charge is 2.27. The number of hydrogen-bond acceptors (Lipinski definition) is 4. The van der Waals surface area contributed by atoms with Crippen LogP contribution in [0.15, 0.2) is 21.9 Å². The van der Waals surface area contributed by atoms with Gasteiger partial charge in [-0.15, -0.1) is 11.3 Å². The molecule has 22 heavy (non-hydrogen) atoms. The second-order valence-corrected chi connectivity index (χ2v) is 7.15. The van der Waals surface area contributed by atoms with E-state index in [2.05, 4.69) is 18.8 Å². The number of carbonyl (C=O) groups excluding carboxylic acids is 1. The summed E-state index contributed by atoms with van der Waals surface area (Å²) in [5, 5.41) is 2.61. The molecule has 0 atom stereocenters. The van der Waals surface area contributed by atoms with Crippen LogP contribution in [0.3, 0.4) is 0 Å². The fourth-order valence-electron chi connectivity index (χ4n) is 2.66. The second kappa shape index (κ2) is 6.24. The maximum atomic E-state index is 12.8. The van der Waals surface area contributed by atoms with E-state index in [1.807, 2.05) is 29.3 Å². The zero-order chi connectivity index (χ0) is 15.7. The zero-order valence-corrected chi connectivity index (χ0v) is 14.2. The van der Waals surface area contributed by atoms with Crippen LogP contribution in [-0.4, -0.2) is 28.4 Å². The molecule has 4 nitrogen and oxygen atoms in total. The fourth-order valence-corrected chi connectivity index (χ4v) is 3.42. The van der Waals surface area contributed by atoms with E-state index in [9.17, 15) is 4.79 Å². The average molecular weight is 318 g/mol. The van der Waals surface area contributed by atoms with Gasteiger partial charge in [-0.05, 0) is 51.7 Å². The van der Waals surface area contributed by atoms with Crippen LogP contribution in [0, 0.1) is 12.8 Å². The molecule has 0 aliphatic heterocycles. The standard InChI is InChI=1S/C17H22N2O2S/c1-11(2)19(9-13-5-4-6-13)17(20)14-10-22-16(18-14)15-8-7-12(3)21-15/h7-8,10-11,13H,4-6,9H2,1-3H3. The molecule has 2 heterocycles. The van der Waals surface area contributed by atoms with Gasteiger partial charge in [-0.25, -0.2) is 4.98 Å². The van der Waals surface area contributed by atoms with Gasteiger partial charge in [-0.2, -0.15) is 0 Å². The average Bonchev–Trinajstić information content (AvgIpc) is 3.04. The lowest BCUT2D eigenvalue weighted by Crippen LogP contribution is -2.42. The maximum Gasteiger partial charge on any atom is 0.273 e. The lowest BCUT2D eigenvalue weighted by Gasteiger charge is -2.34. The lowest BCUT2D eigenvalue weighted by atomic mass is 9.85. The molecule has 0 bridgehead atoms. The number of amides is 1. The van der Waals surface area contributed by atoms with Gasteiger partial charge in [0.05, 0.1) is 0 Å². The third-order valence-electron chi connectivity index (χ3n) is 4.24. The Balaban J connectivity index is 1.76. The lowest BCUT2D eigenvalue weighted by molar-refractivity contribution is 0.0627. The summed E-state index contributed by atoms with van der Waals surface area (Å²) < 4.78 is 5.58. The van der Waals surface area contributed by atoms with Gasteiger partial charge >= 0.3 is 0 Å². The van der Waals surface area contributed by atoms with Crippen LogP contribution in [0.25, 0.3) is 10.8 Å². The summed E-state index contributed by atoms with van der Waals surface area (Å²) in [6, 6.07) is 4.01. The molecule has 1 aliphatic rings. The molecule has 1 fully saturated rings. The molecule has 0 N–H and O–H groups in total. The Labute approximate surface area is 135 Å². The Hall–Kier alpha value is -1.62. The van der Waals surface area contributed by atoms with Gasteiger partial charge in [0.1, 0.15) is 11.5 Å². The molecular formula is C17H22N2O2S. The molecule has 1 aliphatic carbocycles. The summed E-state index contributed by atoms with van der Waals surface area (Å²) >= 11 is 1.46. The highest BCUT2D eigenvalue weighted by Crippen LogP contribution is 2.29. The smallest absolute Gasteiger partial charge is 0.273 e. The van der Waals surface area contributed by atoms with Gasteiger partial charge in [-0.3, -0.25) is 4.79 Å². The topological polar surface area (TPSA) is 46.3 Å². The number of aryl methyl sites for hydroxylation is 1. The summed E-state index contributed by atoms with van der Waals surface area (Å²) in [5.74, 6) is 2.29. The van der Waals surface area contributed by atoms with Gasteiger partial charge in [0.15, 0.2) is 10.8 Å². The Morgan fingerprint density at radius 2 is 2.23 bits per heavy atom. The van der Waals surface area contributed by atoms with Crippen LogP contribution >= 0.6 is 11.3 Å². The number of rotatable bonds is 5. The van der Waals surface area contributed by atoms with Crippen LogP contribution in [0.5, 0.6) is 0 Å². The minimum atomic E-state index is 0.0349. The van der Waals surface area contributed by atoms with Gasteiger partial charge in [0, 0.05) is 18.0 Å². The Morgan fingerprint density at radius 3 is 2.77 bits per heavy atom. The van der Waals surface area contributed by atoms with Gasteiger partial charge in [0.2, 0.25) is 0 Å². The summed E-state index contributed by atoms with van der Waals surface area (Å²) in [6.07, 6.45) is 3.78. The molecule has 0 unspecified atom stereocenters. The summed E-state index contributed by atoms with van der Waals surface area (Å²) in [7, 11) is 0. The molecule has 118 valence electrons. The van der Waals surface area contributed by atoms with Crippen molar-refractivity contribution in [1.82, 2.24) is 9.88 Å². The van der Waals surface area contributed by atoms with Crippen LogP contribution in [0.1, 0.15) is 49.4 Å². The van der Waals surface area contributed by atoms with E-state index in [4.69, 9.17) is 4.42 Å². The minimum absolute atomic E-state index is 0.0349. The summed E-state index contributed by atoms with van der Waals surface area (Å²) in [5.41, 5.74) is 0.530. The van der Waals surface area contributed by atoms with E-state index in [0.717, 1.165) is 23.1 Å². The Kier molecular flexibility index (Phi) is 4.34. The number of thiazole rings is 1. The first-order chi connectivity index (χ1) is 10.5. The largest absolute Gasteiger partial charge is 0.459 e. The number of hydrogen-bond donors (Lipinski definition) is 0. The van der Waals surface area contributed by atoms with E-state index >= 15 is 0 Å². The first-order valence-corrected chi connectivity index (χ1v) is 8.76. The van der Waals surface area contributed by atoms with Crippen molar-refractivity contribution in [3.63, 3.8) is 0 Å². The highest BCUT2D eigenvalue weighted by molar-refractivity contribution is 7.13. The third kappa shape index (κ3) is 3.09. The second-order valence-electron chi connectivity index (χ2n) is 6.30. The number of carbonyl (C=O) groups is 1. The van der Waals surface area contributed by atoms with E-state index < -0.39 is 0 Å². The molecule has 1 amide bonds. The van der Waals surface area contributed by atoms with Gasteiger partial charge in [-0.1, -0.05) is 6.42 Å². The van der Waals surface area contributed by atoms with E-state index in [0.29, 0.717) is 11.6 Å². The zero-order valence-electron chi connectivity index (χ0n) is 13.3. The number of nitrogens with zero attached hydrogens (tertiary/aromatic N) is 2. The monoisotopic (exact) mass is 318 g/mol. The molecule has 2 aromatic heterocycles. The van der Waals surface area contributed by atoms with Gasteiger partial charge < -0.3 is 9.32 Å². The van der Waals surface area contributed by atoms with Crippen LogP contribution in [0.2, 0.25) is 0 Å². The van der Waals surface area contributed by atoms with Crippen LogP contribution < -0.4 is 0 Å². The SMILES string of the molecule is Cc1ccc(-c2nc(C(=O)N(CC3CCC3)C(C)C)cs2)o1. The molecule has 0 aromatic carbocycles. The third-order valence-corrected chi connectivity index (χ3v) is 5.10. The minimum Gasteiger partial charge on any atom is -0.459 e. The van der Waals surface area contributed by atoms with Crippen molar-refractivity contribution >= 4 is 17.2 Å². The van der Waals surface area contributed by atoms with E-state index in [1.54, 1.807) is 0 Å². The summed E-state index contributed by atoms with van der Waals surface area (Å²) in [4.78, 5) is 19.2. The number of aromatic nitrogens is 1. The van der Waals surface area contributed by atoms with Crippen molar-refractivity contribution in [1.29, 1.82) is 0 Å². The predicted molar refractivity (Wildman–Crippen MR) is 88.1 cm³/mol. The normalized spacial score (nSPS) is 15.1. The van der Waals surface area contributed by atoms with Crippen LogP contribution in [-0.2, 0) is 0 Å². The van der Waals surface area contributed by atoms with Crippen molar-refractivity contribution < 1.29 is 9.21 Å². The molecule has 0 saturated heterocycles. The maximum absolute atomic E-state index is 12.8. The molecule has 2 aromatic rings. The highest BCUT2D eigenvalue weighted by atomic mass is 32.1. The first kappa shape index (κ1) is 15.3. The van der Waals surface area contributed by atoms with Crippen molar-refractivity contribution in [2.24, 2.45) is 5.92 Å². The Morgan fingerprint density at radius 1 is 1.45 bits per heavy atom. The molecule has 0 spiro atoms. The van der Waals surface area contributed by atoms with E-state index in [-0.39, 0.29) is 11.9 Å². The molecule has 3 rings (SSSR count). The molecule has 1 saturated carbocycles. The Bertz CT molecular complexity index is 655. The van der Waals surface area contributed by atoms with Crippen LogP contribution in [0.4, 0.5) is 0 Å². The van der Waals surface area contributed by atoms with Gasteiger partial charge in [0.25, 0.3) is 5.91 Å². The van der Waals surface area contributed by atoms with Crippen molar-refractivity contribution in [2.75, 3.05) is 6.54 Å². The van der Waals surface area contributed by atoms with E-state index in [1.165, 1.54) is 30.6 Å².